The Morgan fingerprint density at radius 3 is 2.55 bits per heavy atom. The van der Waals surface area contributed by atoms with Crippen molar-refractivity contribution in [2.45, 2.75) is 12.2 Å². The van der Waals surface area contributed by atoms with Crippen molar-refractivity contribution in [3.63, 3.8) is 0 Å². The summed E-state index contributed by atoms with van der Waals surface area (Å²) >= 11 is 0. The molecule has 152 valence electrons. The number of nitrogens with one attached hydrogen (secondary N) is 4. The lowest BCUT2D eigenvalue weighted by molar-refractivity contribution is -0.136. The van der Waals surface area contributed by atoms with Crippen LogP contribution in [0.15, 0.2) is 67.3 Å². The number of carbonyl (C=O) groups excluding carboxylic acids is 1. The van der Waals surface area contributed by atoms with E-state index in [4.69, 9.17) is 4.74 Å². The molecule has 2 aromatic rings. The fourth-order valence-electron chi connectivity index (χ4n) is 3.31. The van der Waals surface area contributed by atoms with Crippen molar-refractivity contribution in [1.29, 1.82) is 0 Å². The van der Waals surface area contributed by atoms with Gasteiger partial charge in [0.05, 0.1) is 12.7 Å². The molecule has 0 bridgehead atoms. The Bertz CT molecular complexity index is 823. The maximum Gasteiger partial charge on any atom is 0.246 e. The molecular weight excluding hydrogens is 368 g/mol. The van der Waals surface area contributed by atoms with Gasteiger partial charge in [-0.3, -0.25) is 10.1 Å². The standard InChI is InChI=1S/C21H26N6O2/c1-2-21(28)26-13-17(14-26)27-23-15-22-12-20(25-27)24-16-8-10-19(11-9-16)29-18-6-4-3-5-7-18/h2-11,17,20,22-25H,1,12-15H2. The van der Waals surface area contributed by atoms with Gasteiger partial charge in [0, 0.05) is 25.3 Å². The van der Waals surface area contributed by atoms with E-state index in [2.05, 4.69) is 28.1 Å². The average Bonchev–Trinajstić information content (AvgIpc) is 2.94. The Labute approximate surface area is 170 Å². The van der Waals surface area contributed by atoms with E-state index in [-0.39, 0.29) is 18.1 Å². The van der Waals surface area contributed by atoms with Crippen LogP contribution in [0.2, 0.25) is 0 Å². The number of carbonyl (C=O) groups is 1. The number of amides is 1. The quantitative estimate of drug-likeness (QED) is 0.553. The van der Waals surface area contributed by atoms with Crippen molar-refractivity contribution in [1.82, 2.24) is 26.2 Å². The normalized spacial score (nSPS) is 20.4. The second-order valence-electron chi connectivity index (χ2n) is 7.03. The number of ether oxygens (including phenoxy) is 1. The minimum Gasteiger partial charge on any atom is -0.457 e. The summed E-state index contributed by atoms with van der Waals surface area (Å²) in [6, 6.07) is 17.8. The molecule has 1 amide bonds. The minimum atomic E-state index is -0.0262. The fourth-order valence-corrected chi connectivity index (χ4v) is 3.31. The predicted octanol–water partition coefficient (Wildman–Crippen LogP) is 1.49. The van der Waals surface area contributed by atoms with E-state index >= 15 is 0 Å². The van der Waals surface area contributed by atoms with E-state index < -0.39 is 0 Å². The zero-order chi connectivity index (χ0) is 20.1. The van der Waals surface area contributed by atoms with E-state index in [1.165, 1.54) is 6.08 Å². The predicted molar refractivity (Wildman–Crippen MR) is 112 cm³/mol. The molecule has 0 aromatic heterocycles. The molecule has 2 heterocycles. The van der Waals surface area contributed by atoms with Crippen molar-refractivity contribution >= 4 is 11.6 Å². The van der Waals surface area contributed by atoms with Crippen LogP contribution in [0.4, 0.5) is 5.69 Å². The molecule has 2 saturated heterocycles. The van der Waals surface area contributed by atoms with Gasteiger partial charge in [0.15, 0.2) is 0 Å². The first-order valence-electron chi connectivity index (χ1n) is 9.72. The third kappa shape index (κ3) is 4.93. The van der Waals surface area contributed by atoms with Gasteiger partial charge in [-0.1, -0.05) is 24.8 Å². The number of hydrogen-bond acceptors (Lipinski definition) is 7. The van der Waals surface area contributed by atoms with Gasteiger partial charge in [0.1, 0.15) is 17.7 Å². The van der Waals surface area contributed by atoms with Crippen LogP contribution in [-0.2, 0) is 4.79 Å². The highest BCUT2D eigenvalue weighted by Gasteiger charge is 2.35. The van der Waals surface area contributed by atoms with Crippen molar-refractivity contribution in [3.05, 3.63) is 67.3 Å². The zero-order valence-electron chi connectivity index (χ0n) is 16.2. The van der Waals surface area contributed by atoms with Crippen molar-refractivity contribution in [3.8, 4) is 11.5 Å². The van der Waals surface area contributed by atoms with Crippen LogP contribution in [0, 0.1) is 0 Å². The SMILES string of the molecule is C=CC(=O)N1CC(N2NCNCC(Nc3ccc(Oc4ccccc4)cc3)N2)C1. The van der Waals surface area contributed by atoms with Gasteiger partial charge in [0.2, 0.25) is 5.91 Å². The fraction of sp³-hybridized carbons (Fsp3) is 0.286. The second-order valence-corrected chi connectivity index (χ2v) is 7.03. The van der Waals surface area contributed by atoms with E-state index in [0.717, 1.165) is 23.7 Å². The van der Waals surface area contributed by atoms with Crippen LogP contribution < -0.4 is 26.2 Å². The molecule has 0 saturated carbocycles. The van der Waals surface area contributed by atoms with Crippen molar-refractivity contribution < 1.29 is 9.53 Å². The van der Waals surface area contributed by atoms with Crippen LogP contribution in [-0.4, -0.2) is 54.4 Å². The molecule has 8 nitrogen and oxygen atoms in total. The first kappa shape index (κ1) is 19.4. The number of hydrazine groups is 2. The summed E-state index contributed by atoms with van der Waals surface area (Å²) in [5.74, 6) is 1.58. The number of anilines is 1. The average molecular weight is 394 g/mol. The Morgan fingerprint density at radius 2 is 1.83 bits per heavy atom. The molecular formula is C21H26N6O2. The number of benzene rings is 2. The lowest BCUT2D eigenvalue weighted by atomic mass is 10.1. The second kappa shape index (κ2) is 9.06. The summed E-state index contributed by atoms with van der Waals surface area (Å²) in [6.45, 7) is 6.28. The number of nitrogens with zero attached hydrogens (tertiary/aromatic N) is 2. The molecule has 4 N–H and O–H groups in total. The third-order valence-electron chi connectivity index (χ3n) is 4.91. The number of hydrogen-bond donors (Lipinski definition) is 4. The molecule has 2 fully saturated rings. The third-order valence-corrected chi connectivity index (χ3v) is 4.91. The summed E-state index contributed by atoms with van der Waals surface area (Å²) in [6.07, 6.45) is 1.35. The molecule has 1 atom stereocenters. The monoisotopic (exact) mass is 394 g/mol. The highest BCUT2D eigenvalue weighted by Crippen LogP contribution is 2.23. The molecule has 2 aromatic carbocycles. The zero-order valence-corrected chi connectivity index (χ0v) is 16.2. The van der Waals surface area contributed by atoms with E-state index in [1.807, 2.05) is 59.7 Å². The highest BCUT2D eigenvalue weighted by atomic mass is 16.5. The maximum absolute atomic E-state index is 11.7. The van der Waals surface area contributed by atoms with Crippen molar-refractivity contribution in [2.24, 2.45) is 0 Å². The number of para-hydroxylation sites is 1. The number of likely N-dealkylation sites (tertiary alicyclic amines) is 1. The van der Waals surface area contributed by atoms with E-state index in [0.29, 0.717) is 19.8 Å². The lowest BCUT2D eigenvalue weighted by Crippen LogP contribution is -2.68. The van der Waals surface area contributed by atoms with Crippen molar-refractivity contribution in [2.75, 3.05) is 31.6 Å². The van der Waals surface area contributed by atoms with Gasteiger partial charge in [-0.15, -0.1) is 0 Å². The molecule has 0 radical (unpaired) electrons. The topological polar surface area (TPSA) is 80.9 Å². The van der Waals surface area contributed by atoms with Crippen LogP contribution in [0.1, 0.15) is 0 Å². The largest absolute Gasteiger partial charge is 0.457 e. The highest BCUT2D eigenvalue weighted by molar-refractivity contribution is 5.87. The summed E-state index contributed by atoms with van der Waals surface area (Å²) in [4.78, 5) is 13.4. The van der Waals surface area contributed by atoms with Gasteiger partial charge in [-0.05, 0) is 42.5 Å². The molecule has 29 heavy (non-hydrogen) atoms. The minimum absolute atomic E-state index is 0.00459. The molecule has 0 aliphatic carbocycles. The van der Waals surface area contributed by atoms with Gasteiger partial charge < -0.3 is 15.0 Å². The molecule has 2 aliphatic rings. The lowest BCUT2D eigenvalue weighted by Gasteiger charge is -2.45. The summed E-state index contributed by atoms with van der Waals surface area (Å²) in [5.41, 5.74) is 7.74. The van der Waals surface area contributed by atoms with Gasteiger partial charge in [-0.2, -0.15) is 5.12 Å². The van der Waals surface area contributed by atoms with Gasteiger partial charge in [-0.25, -0.2) is 10.9 Å². The Kier molecular flexibility index (Phi) is 6.06. The molecule has 4 rings (SSSR count). The maximum atomic E-state index is 11.7. The van der Waals surface area contributed by atoms with Crippen LogP contribution in [0.3, 0.4) is 0 Å². The Morgan fingerprint density at radius 1 is 1.10 bits per heavy atom. The first-order chi connectivity index (χ1) is 14.2. The van der Waals surface area contributed by atoms with E-state index in [1.54, 1.807) is 4.90 Å². The summed E-state index contributed by atoms with van der Waals surface area (Å²) in [5, 5.41) is 8.81. The Balaban J connectivity index is 1.31. The Hall–Kier alpha value is -2.91. The van der Waals surface area contributed by atoms with Crippen LogP contribution >= 0.6 is 0 Å². The van der Waals surface area contributed by atoms with Gasteiger partial charge >= 0.3 is 0 Å². The van der Waals surface area contributed by atoms with Gasteiger partial charge in [0.25, 0.3) is 0 Å². The smallest absolute Gasteiger partial charge is 0.246 e. The molecule has 0 spiro atoms. The number of rotatable bonds is 6. The molecule has 2 aliphatic heterocycles. The summed E-state index contributed by atoms with van der Waals surface area (Å²) in [7, 11) is 0. The van der Waals surface area contributed by atoms with Crippen LogP contribution in [0.5, 0.6) is 11.5 Å². The first-order valence-corrected chi connectivity index (χ1v) is 9.72. The molecule has 8 heteroatoms. The van der Waals surface area contributed by atoms with Crippen LogP contribution in [0.25, 0.3) is 0 Å². The summed E-state index contributed by atoms with van der Waals surface area (Å²) < 4.78 is 5.84. The molecule has 1 unspecified atom stereocenters. The van der Waals surface area contributed by atoms with E-state index in [9.17, 15) is 4.79 Å².